The second-order valence-electron chi connectivity index (χ2n) is 5.49. The normalized spacial score (nSPS) is 20.9. The Bertz CT molecular complexity index is 535. The largest absolute Gasteiger partial charge is 0.380 e. The zero-order valence-electron chi connectivity index (χ0n) is 11.9. The SMILES string of the molecule is COCc1ccc(CNC2CC2c2ccccc2)cc1. The average molecular weight is 267 g/mol. The molecule has 2 aromatic carbocycles. The Labute approximate surface area is 120 Å². The van der Waals surface area contributed by atoms with Gasteiger partial charge in [-0.2, -0.15) is 0 Å². The molecule has 2 aromatic rings. The summed E-state index contributed by atoms with van der Waals surface area (Å²) < 4.78 is 5.12. The Morgan fingerprint density at radius 1 is 1.00 bits per heavy atom. The first-order valence-corrected chi connectivity index (χ1v) is 7.22. The Morgan fingerprint density at radius 3 is 2.40 bits per heavy atom. The van der Waals surface area contributed by atoms with Crippen LogP contribution in [0.4, 0.5) is 0 Å². The molecule has 2 nitrogen and oxygen atoms in total. The lowest BCUT2D eigenvalue weighted by Crippen LogP contribution is -2.17. The molecule has 1 aliphatic carbocycles. The van der Waals surface area contributed by atoms with Crippen molar-refractivity contribution in [3.05, 3.63) is 71.3 Å². The average Bonchev–Trinajstić information content (AvgIpc) is 3.27. The number of ether oxygens (including phenoxy) is 1. The Hall–Kier alpha value is -1.64. The van der Waals surface area contributed by atoms with Gasteiger partial charge in [-0.3, -0.25) is 0 Å². The minimum atomic E-state index is 0.635. The summed E-state index contributed by atoms with van der Waals surface area (Å²) in [6.45, 7) is 1.63. The summed E-state index contributed by atoms with van der Waals surface area (Å²) in [5, 5.41) is 3.64. The molecule has 0 aromatic heterocycles. The minimum absolute atomic E-state index is 0.635. The highest BCUT2D eigenvalue weighted by molar-refractivity contribution is 5.28. The van der Waals surface area contributed by atoms with Crippen LogP contribution in [0.3, 0.4) is 0 Å². The zero-order chi connectivity index (χ0) is 13.8. The van der Waals surface area contributed by atoms with Crippen LogP contribution in [0.2, 0.25) is 0 Å². The summed E-state index contributed by atoms with van der Waals surface area (Å²) in [5.41, 5.74) is 4.02. The summed E-state index contributed by atoms with van der Waals surface area (Å²) >= 11 is 0. The first-order chi connectivity index (χ1) is 9.86. The number of rotatable bonds is 6. The van der Waals surface area contributed by atoms with Gasteiger partial charge < -0.3 is 10.1 Å². The van der Waals surface area contributed by atoms with Gasteiger partial charge in [0.15, 0.2) is 0 Å². The molecular weight excluding hydrogens is 246 g/mol. The van der Waals surface area contributed by atoms with Crippen molar-refractivity contribution in [1.29, 1.82) is 0 Å². The fourth-order valence-corrected chi connectivity index (χ4v) is 2.66. The van der Waals surface area contributed by atoms with Crippen molar-refractivity contribution >= 4 is 0 Å². The first kappa shape index (κ1) is 13.3. The fraction of sp³-hybridized carbons (Fsp3) is 0.333. The lowest BCUT2D eigenvalue weighted by atomic mass is 10.1. The molecule has 0 radical (unpaired) electrons. The van der Waals surface area contributed by atoms with Crippen LogP contribution in [-0.4, -0.2) is 13.2 Å². The third kappa shape index (κ3) is 3.27. The smallest absolute Gasteiger partial charge is 0.0713 e. The van der Waals surface area contributed by atoms with Crippen LogP contribution >= 0.6 is 0 Å². The van der Waals surface area contributed by atoms with E-state index >= 15 is 0 Å². The van der Waals surface area contributed by atoms with Crippen LogP contribution in [0.25, 0.3) is 0 Å². The molecule has 0 aliphatic heterocycles. The number of hydrogen-bond acceptors (Lipinski definition) is 2. The highest BCUT2D eigenvalue weighted by Gasteiger charge is 2.37. The summed E-state index contributed by atoms with van der Waals surface area (Å²) in [7, 11) is 1.73. The van der Waals surface area contributed by atoms with E-state index in [-0.39, 0.29) is 0 Å². The maximum absolute atomic E-state index is 5.12. The number of benzene rings is 2. The van der Waals surface area contributed by atoms with E-state index < -0.39 is 0 Å². The van der Waals surface area contributed by atoms with Gasteiger partial charge in [-0.15, -0.1) is 0 Å². The van der Waals surface area contributed by atoms with Gasteiger partial charge in [0.05, 0.1) is 6.61 Å². The number of nitrogens with one attached hydrogen (secondary N) is 1. The van der Waals surface area contributed by atoms with Crippen molar-refractivity contribution in [2.45, 2.75) is 31.5 Å². The van der Waals surface area contributed by atoms with Crippen LogP contribution < -0.4 is 5.32 Å². The van der Waals surface area contributed by atoms with E-state index in [4.69, 9.17) is 4.74 Å². The lowest BCUT2D eigenvalue weighted by Gasteiger charge is -2.06. The Balaban J connectivity index is 1.49. The molecule has 20 heavy (non-hydrogen) atoms. The molecular formula is C18H21NO. The monoisotopic (exact) mass is 267 g/mol. The van der Waals surface area contributed by atoms with Crippen LogP contribution in [-0.2, 0) is 17.9 Å². The molecule has 0 amide bonds. The van der Waals surface area contributed by atoms with Crippen molar-refractivity contribution < 1.29 is 4.74 Å². The van der Waals surface area contributed by atoms with Crippen LogP contribution in [0.5, 0.6) is 0 Å². The quantitative estimate of drug-likeness (QED) is 0.865. The summed E-state index contributed by atoms with van der Waals surface area (Å²) in [6, 6.07) is 20.1. The van der Waals surface area contributed by atoms with Crippen molar-refractivity contribution in [1.82, 2.24) is 5.32 Å². The van der Waals surface area contributed by atoms with Gasteiger partial charge in [-0.05, 0) is 23.1 Å². The molecule has 2 atom stereocenters. The van der Waals surface area contributed by atoms with E-state index in [0.29, 0.717) is 18.6 Å². The van der Waals surface area contributed by atoms with Crippen molar-refractivity contribution in [2.75, 3.05) is 7.11 Å². The Kier molecular flexibility index (Phi) is 4.14. The summed E-state index contributed by atoms with van der Waals surface area (Å²) in [4.78, 5) is 0. The van der Waals surface area contributed by atoms with Gasteiger partial charge in [0, 0.05) is 25.6 Å². The second kappa shape index (κ2) is 6.21. The number of methoxy groups -OCH3 is 1. The van der Waals surface area contributed by atoms with E-state index in [1.54, 1.807) is 7.11 Å². The molecule has 1 aliphatic rings. The van der Waals surface area contributed by atoms with Gasteiger partial charge in [0.1, 0.15) is 0 Å². The maximum atomic E-state index is 5.12. The fourth-order valence-electron chi connectivity index (χ4n) is 2.66. The third-order valence-electron chi connectivity index (χ3n) is 3.92. The topological polar surface area (TPSA) is 21.3 Å². The van der Waals surface area contributed by atoms with Crippen molar-refractivity contribution in [3.63, 3.8) is 0 Å². The van der Waals surface area contributed by atoms with E-state index in [1.165, 1.54) is 23.1 Å². The molecule has 104 valence electrons. The van der Waals surface area contributed by atoms with Crippen molar-refractivity contribution in [2.24, 2.45) is 0 Å². The molecule has 2 heteroatoms. The van der Waals surface area contributed by atoms with Crippen LogP contribution in [0.1, 0.15) is 29.0 Å². The predicted octanol–water partition coefficient (Wildman–Crippen LogP) is 3.48. The summed E-state index contributed by atoms with van der Waals surface area (Å²) in [6.07, 6.45) is 1.26. The molecule has 3 rings (SSSR count). The highest BCUT2D eigenvalue weighted by atomic mass is 16.5. The van der Waals surface area contributed by atoms with Crippen molar-refractivity contribution in [3.8, 4) is 0 Å². The van der Waals surface area contributed by atoms with Crippen LogP contribution in [0, 0.1) is 0 Å². The highest BCUT2D eigenvalue weighted by Crippen LogP contribution is 2.40. The Morgan fingerprint density at radius 2 is 1.70 bits per heavy atom. The molecule has 2 unspecified atom stereocenters. The molecule has 0 bridgehead atoms. The van der Waals surface area contributed by atoms with E-state index in [9.17, 15) is 0 Å². The van der Waals surface area contributed by atoms with E-state index in [2.05, 4.69) is 59.9 Å². The number of hydrogen-bond donors (Lipinski definition) is 1. The minimum Gasteiger partial charge on any atom is -0.380 e. The van der Waals surface area contributed by atoms with Gasteiger partial charge in [-0.25, -0.2) is 0 Å². The molecule has 0 spiro atoms. The molecule has 0 heterocycles. The second-order valence-corrected chi connectivity index (χ2v) is 5.49. The van der Waals surface area contributed by atoms with Gasteiger partial charge in [0.25, 0.3) is 0 Å². The standard InChI is InChI=1S/C18H21NO/c1-20-13-15-9-7-14(8-10-15)12-19-18-11-17(18)16-5-3-2-4-6-16/h2-10,17-19H,11-13H2,1H3. The first-order valence-electron chi connectivity index (χ1n) is 7.22. The predicted molar refractivity (Wildman–Crippen MR) is 81.6 cm³/mol. The maximum Gasteiger partial charge on any atom is 0.0713 e. The molecule has 1 saturated carbocycles. The third-order valence-corrected chi connectivity index (χ3v) is 3.92. The zero-order valence-corrected chi connectivity index (χ0v) is 11.9. The van der Waals surface area contributed by atoms with Crippen LogP contribution in [0.15, 0.2) is 54.6 Å². The van der Waals surface area contributed by atoms with Gasteiger partial charge in [-0.1, -0.05) is 54.6 Å². The lowest BCUT2D eigenvalue weighted by molar-refractivity contribution is 0.185. The molecule has 1 N–H and O–H groups in total. The summed E-state index contributed by atoms with van der Waals surface area (Å²) in [5.74, 6) is 0.698. The van der Waals surface area contributed by atoms with Gasteiger partial charge >= 0.3 is 0 Å². The van der Waals surface area contributed by atoms with Gasteiger partial charge in [0.2, 0.25) is 0 Å². The van der Waals surface area contributed by atoms with E-state index in [1.807, 2.05) is 0 Å². The molecule has 1 fully saturated rings. The van der Waals surface area contributed by atoms with E-state index in [0.717, 1.165) is 6.54 Å². The molecule has 0 saturated heterocycles.